The highest BCUT2D eigenvalue weighted by molar-refractivity contribution is 7.99. The Morgan fingerprint density at radius 2 is 1.81 bits per heavy atom. The molecule has 0 radical (unpaired) electrons. The molecule has 0 aliphatic carbocycles. The number of carbonyl (C=O) groups excluding carboxylic acids is 2. The Kier molecular flexibility index (Phi) is 9.08. The van der Waals surface area contributed by atoms with Crippen LogP contribution in [0.4, 0.5) is 11.4 Å². The molecule has 1 aliphatic rings. The van der Waals surface area contributed by atoms with E-state index in [2.05, 4.69) is 25.2 Å². The van der Waals surface area contributed by atoms with Gasteiger partial charge in [-0.2, -0.15) is 0 Å². The maximum atomic E-state index is 13.3. The van der Waals surface area contributed by atoms with Crippen LogP contribution in [-0.4, -0.2) is 69.8 Å². The second kappa shape index (κ2) is 12.6. The number of hydrogen-bond donors (Lipinski definition) is 1. The summed E-state index contributed by atoms with van der Waals surface area (Å²) in [6.45, 7) is 8.92. The molecule has 3 aromatic rings. The van der Waals surface area contributed by atoms with E-state index >= 15 is 0 Å². The van der Waals surface area contributed by atoms with Crippen LogP contribution in [0.25, 0.3) is 0 Å². The van der Waals surface area contributed by atoms with E-state index in [9.17, 15) is 9.59 Å². The van der Waals surface area contributed by atoms with Gasteiger partial charge >= 0.3 is 0 Å². The molecule has 1 aliphatic heterocycles. The molecule has 1 atom stereocenters. The summed E-state index contributed by atoms with van der Waals surface area (Å²) in [5.41, 5.74) is 4.32. The summed E-state index contributed by atoms with van der Waals surface area (Å²) in [7, 11) is 0. The Bertz CT molecular complexity index is 1180. The van der Waals surface area contributed by atoms with Crippen LogP contribution in [0.5, 0.6) is 0 Å². The molecule has 194 valence electrons. The molecule has 0 bridgehead atoms. The van der Waals surface area contributed by atoms with Crippen LogP contribution in [0.2, 0.25) is 0 Å². The van der Waals surface area contributed by atoms with E-state index in [1.165, 1.54) is 11.8 Å². The van der Waals surface area contributed by atoms with Crippen LogP contribution in [0, 0.1) is 13.8 Å². The van der Waals surface area contributed by atoms with Crippen molar-refractivity contribution in [2.24, 2.45) is 0 Å². The minimum absolute atomic E-state index is 0.120. The maximum Gasteiger partial charge on any atom is 0.246 e. The van der Waals surface area contributed by atoms with Gasteiger partial charge in [0.1, 0.15) is 6.04 Å². The van der Waals surface area contributed by atoms with Gasteiger partial charge in [0, 0.05) is 54.8 Å². The average Bonchev–Trinajstić information content (AvgIpc) is 2.91. The van der Waals surface area contributed by atoms with Gasteiger partial charge in [-0.05, 0) is 62.7 Å². The zero-order valence-electron chi connectivity index (χ0n) is 21.4. The molecule has 9 nitrogen and oxygen atoms in total. The Hall–Kier alpha value is -3.50. The number of nitrogens with one attached hydrogen (secondary N) is 1. The predicted octanol–water partition coefficient (Wildman–Crippen LogP) is 3.47. The quantitative estimate of drug-likeness (QED) is 0.338. The van der Waals surface area contributed by atoms with E-state index in [4.69, 9.17) is 4.74 Å². The van der Waals surface area contributed by atoms with Crippen LogP contribution >= 0.6 is 11.8 Å². The Morgan fingerprint density at radius 1 is 1.11 bits per heavy atom. The molecule has 2 amide bonds. The summed E-state index contributed by atoms with van der Waals surface area (Å²) >= 11 is 1.27. The predicted molar refractivity (Wildman–Crippen MR) is 145 cm³/mol. The number of amides is 2. The topological polar surface area (TPSA) is 101 Å². The Morgan fingerprint density at radius 3 is 2.46 bits per heavy atom. The van der Waals surface area contributed by atoms with Crippen molar-refractivity contribution in [3.05, 3.63) is 71.8 Å². The van der Waals surface area contributed by atoms with Crippen molar-refractivity contribution < 1.29 is 14.3 Å². The standard InChI is InChI=1S/C27H32N6O3S/c1-19-15-20(2)30-27(29-19)37-18-25(34)33(17-22-5-4-10-28-16-22)21(3)26(35)31-23-6-8-24(9-7-23)32-11-13-36-14-12-32/h4-10,15-16,21H,11-14,17-18H2,1-3H3,(H,31,35)/t21-/m1/s1. The molecular formula is C27H32N6O3S. The van der Waals surface area contributed by atoms with Crippen LogP contribution < -0.4 is 10.2 Å². The smallest absolute Gasteiger partial charge is 0.246 e. The zero-order chi connectivity index (χ0) is 26.2. The van der Waals surface area contributed by atoms with Crippen molar-refractivity contribution in [3.63, 3.8) is 0 Å². The number of ether oxygens (including phenoxy) is 1. The summed E-state index contributed by atoms with van der Waals surface area (Å²) in [6, 6.07) is 12.6. The molecule has 37 heavy (non-hydrogen) atoms. The summed E-state index contributed by atoms with van der Waals surface area (Å²) in [5.74, 6) is -0.319. The number of pyridine rings is 1. The maximum absolute atomic E-state index is 13.3. The van der Waals surface area contributed by atoms with Crippen LogP contribution in [-0.2, 0) is 20.9 Å². The lowest BCUT2D eigenvalue weighted by atomic mass is 10.2. The van der Waals surface area contributed by atoms with Gasteiger partial charge in [-0.1, -0.05) is 17.8 Å². The fourth-order valence-corrected chi connectivity index (χ4v) is 4.90. The van der Waals surface area contributed by atoms with Crippen molar-refractivity contribution in [2.75, 3.05) is 42.3 Å². The molecule has 0 unspecified atom stereocenters. The first-order chi connectivity index (χ1) is 17.9. The van der Waals surface area contributed by atoms with Crippen molar-refractivity contribution in [1.82, 2.24) is 19.9 Å². The number of benzene rings is 1. The number of anilines is 2. The lowest BCUT2D eigenvalue weighted by Crippen LogP contribution is -2.46. The number of aromatic nitrogens is 3. The van der Waals surface area contributed by atoms with Gasteiger partial charge in [-0.3, -0.25) is 14.6 Å². The first-order valence-corrected chi connectivity index (χ1v) is 13.2. The molecule has 1 saturated heterocycles. The number of hydrogen-bond acceptors (Lipinski definition) is 8. The third kappa shape index (κ3) is 7.50. The lowest BCUT2D eigenvalue weighted by molar-refractivity contribution is -0.136. The molecule has 1 fully saturated rings. The summed E-state index contributed by atoms with van der Waals surface area (Å²) in [4.78, 5) is 43.4. The normalized spacial score (nSPS) is 14.2. The van der Waals surface area contributed by atoms with E-state index in [1.54, 1.807) is 24.2 Å². The molecule has 1 aromatic carbocycles. The van der Waals surface area contributed by atoms with Crippen LogP contribution in [0.3, 0.4) is 0 Å². The molecule has 3 heterocycles. The second-order valence-corrected chi connectivity index (χ2v) is 9.86. The second-order valence-electron chi connectivity index (χ2n) is 8.92. The highest BCUT2D eigenvalue weighted by Gasteiger charge is 2.27. The Balaban J connectivity index is 1.43. The van der Waals surface area contributed by atoms with Crippen LogP contribution in [0.1, 0.15) is 23.9 Å². The highest BCUT2D eigenvalue weighted by Crippen LogP contribution is 2.21. The lowest BCUT2D eigenvalue weighted by Gasteiger charge is -2.29. The van der Waals surface area contributed by atoms with Gasteiger partial charge in [-0.15, -0.1) is 0 Å². The number of rotatable bonds is 9. The highest BCUT2D eigenvalue weighted by atomic mass is 32.2. The summed E-state index contributed by atoms with van der Waals surface area (Å²) in [5, 5.41) is 3.50. The average molecular weight is 521 g/mol. The monoisotopic (exact) mass is 520 g/mol. The first kappa shape index (κ1) is 26.6. The molecule has 10 heteroatoms. The summed E-state index contributed by atoms with van der Waals surface area (Å²) in [6.07, 6.45) is 3.38. The van der Waals surface area contributed by atoms with Gasteiger partial charge in [0.05, 0.1) is 19.0 Å². The van der Waals surface area contributed by atoms with Crippen molar-refractivity contribution >= 4 is 35.0 Å². The minimum Gasteiger partial charge on any atom is -0.378 e. The first-order valence-electron chi connectivity index (χ1n) is 12.3. The molecule has 0 saturated carbocycles. The van der Waals surface area contributed by atoms with E-state index in [0.29, 0.717) is 24.1 Å². The number of carbonyl (C=O) groups is 2. The fraction of sp³-hybridized carbons (Fsp3) is 0.370. The molecular weight excluding hydrogens is 488 g/mol. The zero-order valence-corrected chi connectivity index (χ0v) is 22.2. The number of nitrogens with zero attached hydrogens (tertiary/aromatic N) is 5. The largest absolute Gasteiger partial charge is 0.378 e. The van der Waals surface area contributed by atoms with E-state index in [1.807, 2.05) is 56.3 Å². The van der Waals surface area contributed by atoms with Gasteiger partial charge in [0.25, 0.3) is 0 Å². The van der Waals surface area contributed by atoms with Gasteiger partial charge in [-0.25, -0.2) is 9.97 Å². The van der Waals surface area contributed by atoms with E-state index in [-0.39, 0.29) is 24.1 Å². The number of morpholine rings is 1. The van der Waals surface area contributed by atoms with Crippen molar-refractivity contribution in [3.8, 4) is 0 Å². The van der Waals surface area contributed by atoms with Crippen molar-refractivity contribution in [2.45, 2.75) is 38.5 Å². The van der Waals surface area contributed by atoms with E-state index < -0.39 is 6.04 Å². The number of aryl methyl sites for hydroxylation is 2. The molecule has 1 N–H and O–H groups in total. The molecule has 2 aromatic heterocycles. The van der Waals surface area contributed by atoms with Gasteiger partial charge < -0.3 is 19.9 Å². The molecule has 4 rings (SSSR count). The number of thioether (sulfide) groups is 1. The minimum atomic E-state index is -0.701. The Labute approximate surface area is 221 Å². The summed E-state index contributed by atoms with van der Waals surface area (Å²) < 4.78 is 5.42. The van der Waals surface area contributed by atoms with Gasteiger partial charge in [0.15, 0.2) is 5.16 Å². The van der Waals surface area contributed by atoms with Gasteiger partial charge in [0.2, 0.25) is 11.8 Å². The SMILES string of the molecule is Cc1cc(C)nc(SCC(=O)N(Cc2cccnc2)[C@H](C)C(=O)Nc2ccc(N3CCOCC3)cc2)n1. The third-order valence-corrected chi connectivity index (χ3v) is 6.87. The fourth-order valence-electron chi connectivity index (χ4n) is 4.06. The van der Waals surface area contributed by atoms with Crippen molar-refractivity contribution in [1.29, 1.82) is 0 Å². The third-order valence-electron chi connectivity index (χ3n) is 6.04. The molecule has 0 spiro atoms. The van der Waals surface area contributed by atoms with E-state index in [0.717, 1.165) is 35.7 Å². The van der Waals surface area contributed by atoms with Crippen LogP contribution in [0.15, 0.2) is 60.0 Å².